The molecule has 1 heterocycles. The molecule has 2 heteroatoms. The van der Waals surface area contributed by atoms with Gasteiger partial charge in [-0.2, -0.15) is 0 Å². The summed E-state index contributed by atoms with van der Waals surface area (Å²) < 4.78 is 4.10. The van der Waals surface area contributed by atoms with Gasteiger partial charge in [0.05, 0.1) is 0 Å². The van der Waals surface area contributed by atoms with Crippen molar-refractivity contribution in [1.82, 2.24) is 0 Å². The van der Waals surface area contributed by atoms with Crippen LogP contribution < -0.4 is 0 Å². The van der Waals surface area contributed by atoms with E-state index in [4.69, 9.17) is 0 Å². The van der Waals surface area contributed by atoms with Crippen molar-refractivity contribution >= 4 is 18.2 Å². The van der Waals surface area contributed by atoms with Gasteiger partial charge >= 0.3 is 0 Å². The maximum atomic E-state index is 4.10. The van der Waals surface area contributed by atoms with Crippen LogP contribution in [0.25, 0.3) is 0 Å². The molecule has 0 N–H and O–H groups in total. The highest BCUT2D eigenvalue weighted by molar-refractivity contribution is 7.98. The van der Waals surface area contributed by atoms with Crippen LogP contribution in [-0.2, 0) is 0 Å². The molecule has 0 atom stereocenters. The molecule has 1 aliphatic rings. The van der Waals surface area contributed by atoms with Gasteiger partial charge in [0.1, 0.15) is 0 Å². The number of nitrogens with zero attached hydrogens (tertiary/aromatic N) is 1. The average molecular weight is 141 g/mol. The van der Waals surface area contributed by atoms with E-state index in [1.54, 1.807) is 11.9 Å². The summed E-state index contributed by atoms with van der Waals surface area (Å²) in [4.78, 5) is 0. The van der Waals surface area contributed by atoms with Crippen molar-refractivity contribution in [2.45, 2.75) is 13.8 Å². The van der Waals surface area contributed by atoms with E-state index in [0.29, 0.717) is 5.92 Å². The van der Waals surface area contributed by atoms with Crippen molar-refractivity contribution < 1.29 is 0 Å². The van der Waals surface area contributed by atoms with Crippen LogP contribution in [-0.4, -0.2) is 12.0 Å². The van der Waals surface area contributed by atoms with Crippen molar-refractivity contribution in [3.63, 3.8) is 0 Å². The fourth-order valence-electron chi connectivity index (χ4n) is 0.712. The van der Waals surface area contributed by atoms with Crippen LogP contribution >= 0.6 is 11.9 Å². The Morgan fingerprint density at radius 1 is 1.67 bits per heavy atom. The Bertz CT molecular complexity index is 147. The zero-order valence-corrected chi connectivity index (χ0v) is 6.61. The summed E-state index contributed by atoms with van der Waals surface area (Å²) in [6.07, 6.45) is 4.20. The highest BCUT2D eigenvalue weighted by Crippen LogP contribution is 2.15. The van der Waals surface area contributed by atoms with E-state index < -0.39 is 0 Å². The average Bonchev–Trinajstić information content (AvgIpc) is 1.90. The SMILES string of the molecule is CC(C)C1=CCSN=C1. The number of allylic oxidation sites excluding steroid dienone is 1. The highest BCUT2D eigenvalue weighted by atomic mass is 32.2. The minimum absolute atomic E-state index is 0.634. The standard InChI is InChI=1S/C7H11NS/c1-6(2)7-3-4-9-8-5-7/h3,5-6H,4H2,1-2H3. The van der Waals surface area contributed by atoms with Gasteiger partial charge < -0.3 is 0 Å². The topological polar surface area (TPSA) is 12.4 Å². The maximum absolute atomic E-state index is 4.10. The first-order valence-electron chi connectivity index (χ1n) is 3.16. The van der Waals surface area contributed by atoms with Gasteiger partial charge in [-0.05, 0) is 23.4 Å². The Balaban J connectivity index is 2.58. The predicted octanol–water partition coefficient (Wildman–Crippen LogP) is 2.30. The zero-order valence-electron chi connectivity index (χ0n) is 5.79. The molecule has 0 amide bonds. The van der Waals surface area contributed by atoms with Gasteiger partial charge in [0.25, 0.3) is 0 Å². The van der Waals surface area contributed by atoms with E-state index in [9.17, 15) is 0 Å². The van der Waals surface area contributed by atoms with Gasteiger partial charge in [-0.3, -0.25) is 0 Å². The van der Waals surface area contributed by atoms with E-state index >= 15 is 0 Å². The first-order valence-corrected chi connectivity index (χ1v) is 4.10. The summed E-state index contributed by atoms with van der Waals surface area (Å²) in [5, 5.41) is 0. The molecular weight excluding hydrogens is 130 g/mol. The quantitative estimate of drug-likeness (QED) is 0.510. The lowest BCUT2D eigenvalue weighted by atomic mass is 10.1. The Labute approximate surface area is 60.4 Å². The third-order valence-electron chi connectivity index (χ3n) is 1.34. The molecule has 0 radical (unpaired) electrons. The lowest BCUT2D eigenvalue weighted by molar-refractivity contribution is 0.805. The smallest absolute Gasteiger partial charge is 0.0383 e. The monoisotopic (exact) mass is 141 g/mol. The van der Waals surface area contributed by atoms with Crippen molar-refractivity contribution in [3.05, 3.63) is 11.6 Å². The van der Waals surface area contributed by atoms with Crippen LogP contribution in [0.3, 0.4) is 0 Å². The Morgan fingerprint density at radius 3 is 2.78 bits per heavy atom. The van der Waals surface area contributed by atoms with Crippen LogP contribution in [0.2, 0.25) is 0 Å². The molecule has 1 aliphatic heterocycles. The predicted molar refractivity (Wildman–Crippen MR) is 43.9 cm³/mol. The zero-order chi connectivity index (χ0) is 6.69. The van der Waals surface area contributed by atoms with Gasteiger partial charge in [0, 0.05) is 12.0 Å². The summed E-state index contributed by atoms with van der Waals surface area (Å²) in [5.41, 5.74) is 1.37. The highest BCUT2D eigenvalue weighted by Gasteiger charge is 2.01. The van der Waals surface area contributed by atoms with E-state index in [-0.39, 0.29) is 0 Å². The number of rotatable bonds is 1. The molecule has 0 spiro atoms. The van der Waals surface area contributed by atoms with E-state index in [0.717, 1.165) is 5.75 Å². The first-order chi connectivity index (χ1) is 4.30. The van der Waals surface area contributed by atoms with Gasteiger partial charge in [0.15, 0.2) is 0 Å². The summed E-state index contributed by atoms with van der Waals surface area (Å²) in [6, 6.07) is 0. The molecule has 0 aromatic rings. The normalized spacial score (nSPS) is 18.3. The van der Waals surface area contributed by atoms with Crippen LogP contribution in [0.15, 0.2) is 16.0 Å². The van der Waals surface area contributed by atoms with Crippen LogP contribution in [0, 0.1) is 5.92 Å². The second-order valence-corrected chi connectivity index (χ2v) is 3.19. The number of hydrogen-bond donors (Lipinski definition) is 0. The Hall–Kier alpha value is -0.240. The van der Waals surface area contributed by atoms with E-state index in [1.165, 1.54) is 5.57 Å². The van der Waals surface area contributed by atoms with Crippen molar-refractivity contribution in [2.75, 3.05) is 5.75 Å². The molecule has 0 aromatic heterocycles. The Morgan fingerprint density at radius 2 is 2.44 bits per heavy atom. The maximum Gasteiger partial charge on any atom is 0.0383 e. The lowest BCUT2D eigenvalue weighted by Gasteiger charge is -2.07. The molecule has 0 unspecified atom stereocenters. The molecule has 1 nitrogen and oxygen atoms in total. The van der Waals surface area contributed by atoms with Gasteiger partial charge in [-0.1, -0.05) is 19.9 Å². The summed E-state index contributed by atoms with van der Waals surface area (Å²) in [6.45, 7) is 4.38. The molecule has 9 heavy (non-hydrogen) atoms. The van der Waals surface area contributed by atoms with E-state index in [1.807, 2.05) is 6.21 Å². The molecule has 0 fully saturated rings. The third kappa shape index (κ3) is 1.86. The van der Waals surface area contributed by atoms with Crippen molar-refractivity contribution in [1.29, 1.82) is 0 Å². The second kappa shape index (κ2) is 3.06. The molecular formula is C7H11NS. The van der Waals surface area contributed by atoms with Gasteiger partial charge in [-0.25, -0.2) is 4.40 Å². The van der Waals surface area contributed by atoms with Crippen molar-refractivity contribution in [3.8, 4) is 0 Å². The lowest BCUT2D eigenvalue weighted by Crippen LogP contribution is -1.98. The van der Waals surface area contributed by atoms with Gasteiger partial charge in [0.2, 0.25) is 0 Å². The fraction of sp³-hybridized carbons (Fsp3) is 0.571. The molecule has 0 aromatic carbocycles. The summed E-state index contributed by atoms with van der Waals surface area (Å²) in [5.74, 6) is 1.68. The summed E-state index contributed by atoms with van der Waals surface area (Å²) in [7, 11) is 0. The van der Waals surface area contributed by atoms with Crippen LogP contribution in [0.5, 0.6) is 0 Å². The second-order valence-electron chi connectivity index (χ2n) is 2.39. The minimum Gasteiger partial charge on any atom is -0.224 e. The van der Waals surface area contributed by atoms with Crippen LogP contribution in [0.1, 0.15) is 13.8 Å². The fourth-order valence-corrected chi connectivity index (χ4v) is 1.26. The first kappa shape index (κ1) is 6.87. The van der Waals surface area contributed by atoms with Crippen molar-refractivity contribution in [2.24, 2.45) is 10.3 Å². The van der Waals surface area contributed by atoms with E-state index in [2.05, 4.69) is 24.3 Å². The van der Waals surface area contributed by atoms with Crippen LogP contribution in [0.4, 0.5) is 0 Å². The molecule has 0 saturated heterocycles. The molecule has 1 rings (SSSR count). The molecule has 0 aliphatic carbocycles. The summed E-state index contributed by atoms with van der Waals surface area (Å²) >= 11 is 1.61. The largest absolute Gasteiger partial charge is 0.224 e. The molecule has 0 saturated carbocycles. The third-order valence-corrected chi connectivity index (χ3v) is 1.91. The minimum atomic E-state index is 0.634. The molecule has 50 valence electrons. The molecule has 0 bridgehead atoms. The Kier molecular flexibility index (Phi) is 2.34. The van der Waals surface area contributed by atoms with Gasteiger partial charge in [-0.15, -0.1) is 0 Å². The number of hydrogen-bond acceptors (Lipinski definition) is 2.